The average molecular weight is 322 g/mol. The molecule has 2 amide bonds. The van der Waals surface area contributed by atoms with E-state index in [4.69, 9.17) is 11.6 Å². The molecule has 2 heterocycles. The van der Waals surface area contributed by atoms with Crippen LogP contribution in [-0.2, 0) is 9.59 Å². The van der Waals surface area contributed by atoms with Gasteiger partial charge in [-0.3, -0.25) is 9.59 Å². The van der Waals surface area contributed by atoms with Crippen LogP contribution in [0.2, 0.25) is 5.02 Å². The maximum absolute atomic E-state index is 12.4. The van der Waals surface area contributed by atoms with Crippen molar-refractivity contribution in [1.82, 2.24) is 9.80 Å². The predicted molar refractivity (Wildman–Crippen MR) is 86.0 cm³/mol. The molecule has 2 saturated heterocycles. The molecule has 0 aromatic heterocycles. The monoisotopic (exact) mass is 321 g/mol. The summed E-state index contributed by atoms with van der Waals surface area (Å²) in [5, 5.41) is 0.734. The fourth-order valence-electron chi connectivity index (χ4n) is 2.99. The Morgan fingerprint density at radius 1 is 1.00 bits per heavy atom. The third-order valence-corrected chi connectivity index (χ3v) is 4.71. The Kier molecular flexibility index (Phi) is 4.25. The van der Waals surface area contributed by atoms with Crippen molar-refractivity contribution >= 4 is 29.1 Å². The summed E-state index contributed by atoms with van der Waals surface area (Å²) in [5.41, 5.74) is 1.14. The molecule has 0 atom stereocenters. The van der Waals surface area contributed by atoms with E-state index in [-0.39, 0.29) is 17.7 Å². The molecule has 0 N–H and O–H groups in total. The largest absolute Gasteiger partial charge is 0.368 e. The minimum Gasteiger partial charge on any atom is -0.368 e. The van der Waals surface area contributed by atoms with E-state index in [1.54, 1.807) is 11.8 Å². The van der Waals surface area contributed by atoms with Crippen molar-refractivity contribution in [3.8, 4) is 0 Å². The molecule has 2 fully saturated rings. The highest BCUT2D eigenvalue weighted by atomic mass is 35.5. The van der Waals surface area contributed by atoms with Crippen molar-refractivity contribution in [2.75, 3.05) is 44.2 Å². The summed E-state index contributed by atoms with van der Waals surface area (Å²) in [5.74, 6) is 0.232. The highest BCUT2D eigenvalue weighted by molar-refractivity contribution is 6.30. The first-order valence-corrected chi connectivity index (χ1v) is 7.97. The van der Waals surface area contributed by atoms with Crippen LogP contribution in [0.3, 0.4) is 0 Å². The van der Waals surface area contributed by atoms with Crippen molar-refractivity contribution in [3.63, 3.8) is 0 Å². The normalized spacial score (nSPS) is 19.1. The van der Waals surface area contributed by atoms with Crippen LogP contribution in [0, 0.1) is 5.92 Å². The molecule has 118 valence electrons. The number of likely N-dealkylation sites (tertiary alicyclic amines) is 1. The lowest BCUT2D eigenvalue weighted by Gasteiger charge is -2.42. The number of anilines is 1. The second-order valence-corrected chi connectivity index (χ2v) is 6.35. The van der Waals surface area contributed by atoms with Crippen molar-refractivity contribution in [2.24, 2.45) is 5.92 Å². The Morgan fingerprint density at radius 3 is 2.14 bits per heavy atom. The van der Waals surface area contributed by atoms with Gasteiger partial charge in [0.2, 0.25) is 11.8 Å². The Hall–Kier alpha value is -1.75. The first-order valence-electron chi connectivity index (χ1n) is 7.59. The molecule has 0 spiro atoms. The number of carbonyl (C=O) groups excluding carboxylic acids is 2. The van der Waals surface area contributed by atoms with Crippen LogP contribution in [0.4, 0.5) is 5.69 Å². The van der Waals surface area contributed by atoms with E-state index in [1.807, 2.05) is 29.2 Å². The topological polar surface area (TPSA) is 43.9 Å². The fourth-order valence-corrected chi connectivity index (χ4v) is 3.11. The van der Waals surface area contributed by atoms with Gasteiger partial charge in [0.25, 0.3) is 0 Å². The summed E-state index contributed by atoms with van der Waals surface area (Å²) in [4.78, 5) is 29.5. The molecule has 0 saturated carbocycles. The van der Waals surface area contributed by atoms with Crippen molar-refractivity contribution in [3.05, 3.63) is 29.3 Å². The second-order valence-electron chi connectivity index (χ2n) is 5.91. The number of nitrogens with zero attached hydrogens (tertiary/aromatic N) is 3. The Bertz CT molecular complexity index is 561. The van der Waals surface area contributed by atoms with Gasteiger partial charge >= 0.3 is 0 Å². The summed E-state index contributed by atoms with van der Waals surface area (Å²) in [6.45, 7) is 5.83. The third kappa shape index (κ3) is 3.04. The SMILES string of the molecule is CC(=O)N1CC(C(=O)N2CCN(c3ccc(Cl)cc3)CC2)C1. The van der Waals surface area contributed by atoms with Gasteiger partial charge in [0.15, 0.2) is 0 Å². The number of rotatable bonds is 2. The average Bonchev–Trinajstić information content (AvgIpc) is 2.46. The zero-order chi connectivity index (χ0) is 15.7. The van der Waals surface area contributed by atoms with Gasteiger partial charge in [0.05, 0.1) is 5.92 Å². The summed E-state index contributed by atoms with van der Waals surface area (Å²) < 4.78 is 0. The van der Waals surface area contributed by atoms with E-state index in [0.29, 0.717) is 13.1 Å². The number of carbonyl (C=O) groups is 2. The third-order valence-electron chi connectivity index (χ3n) is 4.46. The Morgan fingerprint density at radius 2 is 1.59 bits per heavy atom. The first-order chi connectivity index (χ1) is 10.5. The van der Waals surface area contributed by atoms with Crippen LogP contribution in [0.5, 0.6) is 0 Å². The van der Waals surface area contributed by atoms with Crippen LogP contribution >= 0.6 is 11.6 Å². The van der Waals surface area contributed by atoms with Crippen molar-refractivity contribution in [1.29, 1.82) is 0 Å². The molecule has 0 aliphatic carbocycles. The standard InChI is InChI=1S/C16H20ClN3O2/c1-12(21)20-10-13(11-20)16(22)19-8-6-18(7-9-19)15-4-2-14(17)3-5-15/h2-5,13H,6-11H2,1H3. The van der Waals surface area contributed by atoms with Gasteiger partial charge in [-0.2, -0.15) is 0 Å². The van der Waals surface area contributed by atoms with Crippen LogP contribution in [0.15, 0.2) is 24.3 Å². The fraction of sp³-hybridized carbons (Fsp3) is 0.500. The lowest BCUT2D eigenvalue weighted by molar-refractivity contribution is -0.147. The molecule has 2 aliphatic rings. The Balaban J connectivity index is 1.50. The summed E-state index contributed by atoms with van der Waals surface area (Å²) in [6, 6.07) is 7.80. The lowest BCUT2D eigenvalue weighted by Crippen LogP contribution is -2.58. The smallest absolute Gasteiger partial charge is 0.229 e. The minimum absolute atomic E-state index is 0.00835. The molecule has 0 bridgehead atoms. The molecule has 0 radical (unpaired) electrons. The molecule has 1 aromatic rings. The maximum atomic E-state index is 12.4. The highest BCUT2D eigenvalue weighted by Gasteiger charge is 2.37. The summed E-state index contributed by atoms with van der Waals surface area (Å²) in [6.07, 6.45) is 0. The van der Waals surface area contributed by atoms with Gasteiger partial charge in [0, 0.05) is 56.9 Å². The molecule has 5 nitrogen and oxygen atoms in total. The number of amides is 2. The number of hydrogen-bond donors (Lipinski definition) is 0. The van der Waals surface area contributed by atoms with Crippen LogP contribution in [0.1, 0.15) is 6.92 Å². The molecule has 0 unspecified atom stereocenters. The molecule has 3 rings (SSSR count). The van der Waals surface area contributed by atoms with E-state index >= 15 is 0 Å². The summed E-state index contributed by atoms with van der Waals surface area (Å²) in [7, 11) is 0. The number of hydrogen-bond acceptors (Lipinski definition) is 3. The summed E-state index contributed by atoms with van der Waals surface area (Å²) >= 11 is 5.91. The zero-order valence-electron chi connectivity index (χ0n) is 12.7. The quantitative estimate of drug-likeness (QED) is 0.828. The van der Waals surface area contributed by atoms with Gasteiger partial charge in [0.1, 0.15) is 0 Å². The van der Waals surface area contributed by atoms with E-state index in [0.717, 1.165) is 36.9 Å². The minimum atomic E-state index is -0.00835. The van der Waals surface area contributed by atoms with E-state index < -0.39 is 0 Å². The van der Waals surface area contributed by atoms with Crippen LogP contribution < -0.4 is 4.90 Å². The van der Waals surface area contributed by atoms with Gasteiger partial charge in [-0.15, -0.1) is 0 Å². The number of piperazine rings is 1. The number of halogens is 1. The molecule has 1 aromatic carbocycles. The Labute approximate surface area is 135 Å². The second kappa shape index (κ2) is 6.16. The van der Waals surface area contributed by atoms with Gasteiger partial charge < -0.3 is 14.7 Å². The molecule has 6 heteroatoms. The van der Waals surface area contributed by atoms with E-state index in [1.165, 1.54) is 0 Å². The van der Waals surface area contributed by atoms with Crippen molar-refractivity contribution in [2.45, 2.75) is 6.92 Å². The van der Waals surface area contributed by atoms with Crippen LogP contribution in [0.25, 0.3) is 0 Å². The van der Waals surface area contributed by atoms with E-state index in [9.17, 15) is 9.59 Å². The van der Waals surface area contributed by atoms with Gasteiger partial charge in [-0.05, 0) is 24.3 Å². The predicted octanol–water partition coefficient (Wildman–Crippen LogP) is 1.47. The van der Waals surface area contributed by atoms with Gasteiger partial charge in [-0.1, -0.05) is 11.6 Å². The number of benzene rings is 1. The lowest BCUT2D eigenvalue weighted by atomic mass is 9.98. The van der Waals surface area contributed by atoms with E-state index in [2.05, 4.69) is 4.90 Å². The maximum Gasteiger partial charge on any atom is 0.229 e. The first kappa shape index (κ1) is 15.2. The molecule has 2 aliphatic heterocycles. The van der Waals surface area contributed by atoms with Gasteiger partial charge in [-0.25, -0.2) is 0 Å². The molecular weight excluding hydrogens is 302 g/mol. The van der Waals surface area contributed by atoms with Crippen molar-refractivity contribution < 1.29 is 9.59 Å². The molecule has 22 heavy (non-hydrogen) atoms. The zero-order valence-corrected chi connectivity index (χ0v) is 13.4. The highest BCUT2D eigenvalue weighted by Crippen LogP contribution is 2.22. The molecular formula is C16H20ClN3O2. The van der Waals surface area contributed by atoms with Crippen LogP contribution in [-0.4, -0.2) is 60.9 Å².